The van der Waals surface area contributed by atoms with Gasteiger partial charge < -0.3 is 4.90 Å². The highest BCUT2D eigenvalue weighted by Crippen LogP contribution is 2.27. The molecule has 1 N–H and O–H groups in total. The topological polar surface area (TPSA) is 95.5 Å². The van der Waals surface area contributed by atoms with Crippen LogP contribution in [-0.4, -0.2) is 67.0 Å². The fourth-order valence-electron chi connectivity index (χ4n) is 3.43. The highest BCUT2D eigenvalue weighted by molar-refractivity contribution is 7.89. The summed E-state index contributed by atoms with van der Waals surface area (Å²) in [5.74, 6) is -0.412. The summed E-state index contributed by atoms with van der Waals surface area (Å²) in [6.07, 6.45) is 0. The molecule has 10 heteroatoms. The average Bonchev–Trinajstić information content (AvgIpc) is 3.23. The minimum atomic E-state index is -3.67. The largest absolute Gasteiger partial charge is 0.304 e. The number of nitrogens with zero attached hydrogens (tertiary/aromatic N) is 4. The number of rotatable bonds is 5. The fourth-order valence-corrected chi connectivity index (χ4v) is 5.63. The van der Waals surface area contributed by atoms with E-state index in [9.17, 15) is 13.2 Å². The van der Waals surface area contributed by atoms with Gasteiger partial charge in [-0.15, -0.1) is 10.2 Å². The van der Waals surface area contributed by atoms with Crippen LogP contribution >= 0.6 is 11.3 Å². The molecule has 0 radical (unpaired) electrons. The van der Waals surface area contributed by atoms with Crippen LogP contribution in [0.1, 0.15) is 21.5 Å². The molecule has 168 valence electrons. The second kappa shape index (κ2) is 9.07. The van der Waals surface area contributed by atoms with Gasteiger partial charge in [-0.3, -0.25) is 10.1 Å². The van der Waals surface area contributed by atoms with Crippen LogP contribution in [0.15, 0.2) is 47.4 Å². The van der Waals surface area contributed by atoms with Gasteiger partial charge in [0, 0.05) is 37.3 Å². The summed E-state index contributed by atoms with van der Waals surface area (Å²) in [6, 6.07) is 12.6. The number of anilines is 1. The van der Waals surface area contributed by atoms with E-state index in [1.54, 1.807) is 19.1 Å². The third-order valence-corrected chi connectivity index (χ3v) is 8.28. The number of carbonyl (C=O) groups excluding carboxylic acids is 1. The maximum Gasteiger partial charge on any atom is 0.257 e. The third-order valence-electron chi connectivity index (χ3n) is 5.50. The van der Waals surface area contributed by atoms with Gasteiger partial charge in [0.05, 0.1) is 4.90 Å². The molecule has 1 aliphatic heterocycles. The second-order valence-electron chi connectivity index (χ2n) is 7.92. The van der Waals surface area contributed by atoms with Crippen molar-refractivity contribution in [3.63, 3.8) is 0 Å². The summed E-state index contributed by atoms with van der Waals surface area (Å²) in [6.45, 7) is 6.01. The van der Waals surface area contributed by atoms with E-state index in [0.29, 0.717) is 47.4 Å². The first kappa shape index (κ1) is 22.5. The van der Waals surface area contributed by atoms with Crippen molar-refractivity contribution < 1.29 is 13.2 Å². The van der Waals surface area contributed by atoms with Gasteiger partial charge in [-0.25, -0.2) is 8.42 Å². The first-order chi connectivity index (χ1) is 15.2. The Bertz CT molecular complexity index is 1230. The van der Waals surface area contributed by atoms with Gasteiger partial charge in [0.2, 0.25) is 15.2 Å². The highest BCUT2D eigenvalue weighted by Gasteiger charge is 2.28. The van der Waals surface area contributed by atoms with E-state index in [1.807, 2.05) is 38.2 Å². The van der Waals surface area contributed by atoms with Gasteiger partial charge in [0.15, 0.2) is 0 Å². The smallest absolute Gasteiger partial charge is 0.257 e. The third kappa shape index (κ3) is 4.73. The molecule has 1 aromatic heterocycles. The molecule has 0 spiro atoms. The lowest BCUT2D eigenvalue weighted by Crippen LogP contribution is -2.47. The van der Waals surface area contributed by atoms with Gasteiger partial charge in [0.25, 0.3) is 5.91 Å². The van der Waals surface area contributed by atoms with Crippen molar-refractivity contribution >= 4 is 32.4 Å². The Morgan fingerprint density at radius 2 is 1.69 bits per heavy atom. The average molecular weight is 472 g/mol. The zero-order chi connectivity index (χ0) is 22.9. The molecule has 0 saturated carbocycles. The molecule has 2 heterocycles. The Hall–Kier alpha value is -2.66. The van der Waals surface area contributed by atoms with Crippen molar-refractivity contribution in [1.29, 1.82) is 0 Å². The number of sulfonamides is 1. The molecule has 1 amide bonds. The standard InChI is InChI=1S/C22H25N5O3S2/c1-15-4-7-17(8-5-15)21-24-25-22(31-21)23-20(28)19-14-18(9-6-16(19)2)32(29,30)27-12-10-26(3)11-13-27/h4-9,14H,10-13H2,1-3H3,(H,23,25,28). The molecule has 32 heavy (non-hydrogen) atoms. The normalized spacial score (nSPS) is 15.6. The zero-order valence-electron chi connectivity index (χ0n) is 18.2. The van der Waals surface area contributed by atoms with Crippen molar-refractivity contribution in [3.05, 3.63) is 59.2 Å². The lowest BCUT2D eigenvalue weighted by molar-refractivity contribution is 0.102. The Morgan fingerprint density at radius 1 is 1.00 bits per heavy atom. The monoisotopic (exact) mass is 471 g/mol. The molecule has 0 atom stereocenters. The lowest BCUT2D eigenvalue weighted by atomic mass is 10.1. The number of amides is 1. The number of piperazine rings is 1. The fraction of sp³-hybridized carbons (Fsp3) is 0.318. The summed E-state index contributed by atoms with van der Waals surface area (Å²) >= 11 is 1.27. The van der Waals surface area contributed by atoms with Crippen LogP contribution < -0.4 is 5.32 Å². The molecule has 1 aliphatic rings. The van der Waals surface area contributed by atoms with Crippen molar-refractivity contribution in [3.8, 4) is 10.6 Å². The van der Waals surface area contributed by atoms with Crippen molar-refractivity contribution in [2.45, 2.75) is 18.7 Å². The van der Waals surface area contributed by atoms with E-state index >= 15 is 0 Å². The molecule has 0 bridgehead atoms. The lowest BCUT2D eigenvalue weighted by Gasteiger charge is -2.31. The number of likely N-dealkylation sites (N-methyl/N-ethyl adjacent to an activating group) is 1. The summed E-state index contributed by atoms with van der Waals surface area (Å²) in [5, 5.41) is 12.0. The van der Waals surface area contributed by atoms with Crippen LogP contribution in [0.5, 0.6) is 0 Å². The molecular weight excluding hydrogens is 446 g/mol. The van der Waals surface area contributed by atoms with E-state index in [2.05, 4.69) is 20.4 Å². The highest BCUT2D eigenvalue weighted by atomic mass is 32.2. The molecule has 1 fully saturated rings. The minimum absolute atomic E-state index is 0.121. The number of aromatic nitrogens is 2. The summed E-state index contributed by atoms with van der Waals surface area (Å²) in [5.41, 5.74) is 3.05. The molecular formula is C22H25N5O3S2. The van der Waals surface area contributed by atoms with Gasteiger partial charge in [0.1, 0.15) is 5.01 Å². The maximum absolute atomic E-state index is 13.1. The number of carbonyl (C=O) groups is 1. The van der Waals surface area contributed by atoms with Gasteiger partial charge in [-0.1, -0.05) is 47.2 Å². The number of nitrogens with one attached hydrogen (secondary N) is 1. The maximum atomic E-state index is 13.1. The molecule has 2 aromatic carbocycles. The van der Waals surface area contributed by atoms with E-state index in [0.717, 1.165) is 11.1 Å². The summed E-state index contributed by atoms with van der Waals surface area (Å²) in [7, 11) is -1.70. The van der Waals surface area contributed by atoms with Crippen LogP contribution in [0.2, 0.25) is 0 Å². The number of benzene rings is 2. The first-order valence-electron chi connectivity index (χ1n) is 10.3. The first-order valence-corrected chi connectivity index (χ1v) is 12.5. The number of hydrogen-bond donors (Lipinski definition) is 1. The van der Waals surface area contributed by atoms with Crippen molar-refractivity contribution in [2.75, 3.05) is 38.5 Å². The SMILES string of the molecule is Cc1ccc(-c2nnc(NC(=O)c3cc(S(=O)(=O)N4CCN(C)CC4)ccc3C)s2)cc1. The van der Waals surface area contributed by atoms with Crippen LogP contribution in [0.25, 0.3) is 10.6 Å². The summed E-state index contributed by atoms with van der Waals surface area (Å²) < 4.78 is 27.6. The van der Waals surface area contributed by atoms with E-state index < -0.39 is 15.9 Å². The predicted octanol–water partition coefficient (Wildman–Crippen LogP) is 3.01. The second-order valence-corrected chi connectivity index (χ2v) is 10.8. The number of hydrogen-bond acceptors (Lipinski definition) is 7. The Balaban J connectivity index is 1.54. The van der Waals surface area contributed by atoms with Crippen LogP contribution in [0.3, 0.4) is 0 Å². The Labute approximate surface area is 191 Å². The Morgan fingerprint density at radius 3 is 2.38 bits per heavy atom. The zero-order valence-corrected chi connectivity index (χ0v) is 19.8. The molecule has 0 unspecified atom stereocenters. The van der Waals surface area contributed by atoms with Crippen LogP contribution in [0, 0.1) is 13.8 Å². The van der Waals surface area contributed by atoms with E-state index in [1.165, 1.54) is 21.7 Å². The van der Waals surface area contributed by atoms with Gasteiger partial charge in [-0.2, -0.15) is 4.31 Å². The Kier molecular flexibility index (Phi) is 6.38. The van der Waals surface area contributed by atoms with Gasteiger partial charge >= 0.3 is 0 Å². The molecule has 8 nitrogen and oxygen atoms in total. The van der Waals surface area contributed by atoms with Crippen molar-refractivity contribution in [1.82, 2.24) is 19.4 Å². The molecule has 3 aromatic rings. The van der Waals surface area contributed by atoms with E-state index in [-0.39, 0.29) is 4.90 Å². The molecule has 4 rings (SSSR count). The summed E-state index contributed by atoms with van der Waals surface area (Å²) in [4.78, 5) is 15.1. The number of aryl methyl sites for hydroxylation is 2. The quantitative estimate of drug-likeness (QED) is 0.615. The molecule has 0 aliphatic carbocycles. The van der Waals surface area contributed by atoms with Crippen molar-refractivity contribution in [2.24, 2.45) is 0 Å². The van der Waals surface area contributed by atoms with Crippen LogP contribution in [-0.2, 0) is 10.0 Å². The van der Waals surface area contributed by atoms with Gasteiger partial charge in [-0.05, 0) is 38.6 Å². The molecule has 1 saturated heterocycles. The predicted molar refractivity (Wildman–Crippen MR) is 125 cm³/mol. The van der Waals surface area contributed by atoms with Crippen LogP contribution in [0.4, 0.5) is 5.13 Å². The van der Waals surface area contributed by atoms with E-state index in [4.69, 9.17) is 0 Å². The minimum Gasteiger partial charge on any atom is -0.304 e.